The fraction of sp³-hybridized carbons (Fsp3) is 0.632. The Morgan fingerprint density at radius 2 is 1.69 bits per heavy atom. The third kappa shape index (κ3) is 4.08. The number of aromatic nitrogens is 1. The molecule has 1 N–H and O–H groups in total. The summed E-state index contributed by atoms with van der Waals surface area (Å²) in [5, 5.41) is 0. The number of carbonyl (C=O) groups excluding carboxylic acids is 3. The molecule has 7 nitrogen and oxygen atoms in total. The molecular formula is C19H28N2O5. The van der Waals surface area contributed by atoms with E-state index in [1.165, 1.54) is 0 Å². The van der Waals surface area contributed by atoms with Crippen molar-refractivity contribution in [2.24, 2.45) is 0 Å². The van der Waals surface area contributed by atoms with Gasteiger partial charge in [0.2, 0.25) is 0 Å². The number of hydrogen-bond donors (Lipinski definition) is 1. The zero-order valence-electron chi connectivity index (χ0n) is 16.2. The first-order chi connectivity index (χ1) is 12.3. The van der Waals surface area contributed by atoms with Crippen molar-refractivity contribution in [2.45, 2.75) is 66.0 Å². The first-order valence-corrected chi connectivity index (χ1v) is 9.12. The van der Waals surface area contributed by atoms with Gasteiger partial charge in [-0.2, -0.15) is 0 Å². The van der Waals surface area contributed by atoms with E-state index in [0.29, 0.717) is 11.3 Å². The lowest BCUT2D eigenvalue weighted by Crippen LogP contribution is -2.49. The third-order valence-corrected chi connectivity index (χ3v) is 4.93. The van der Waals surface area contributed by atoms with Crippen molar-refractivity contribution in [2.75, 3.05) is 13.2 Å². The summed E-state index contributed by atoms with van der Waals surface area (Å²) in [6.07, 6.45) is 3.02. The number of likely N-dealkylation sites (tertiary alicyclic amines) is 1. The van der Waals surface area contributed by atoms with Crippen LogP contribution in [-0.4, -0.2) is 53.0 Å². The van der Waals surface area contributed by atoms with Crippen LogP contribution in [0.2, 0.25) is 0 Å². The molecule has 7 heteroatoms. The average Bonchev–Trinajstić information content (AvgIpc) is 2.87. The molecule has 1 saturated heterocycles. The van der Waals surface area contributed by atoms with Gasteiger partial charge in [-0.25, -0.2) is 9.59 Å². The summed E-state index contributed by atoms with van der Waals surface area (Å²) in [4.78, 5) is 41.6. The van der Waals surface area contributed by atoms with Gasteiger partial charge in [-0.15, -0.1) is 0 Å². The fourth-order valence-corrected chi connectivity index (χ4v) is 3.65. The van der Waals surface area contributed by atoms with E-state index < -0.39 is 11.9 Å². The molecule has 2 heterocycles. The van der Waals surface area contributed by atoms with Gasteiger partial charge in [0, 0.05) is 17.8 Å². The van der Waals surface area contributed by atoms with E-state index in [4.69, 9.17) is 9.47 Å². The topological polar surface area (TPSA) is 88.7 Å². The van der Waals surface area contributed by atoms with Crippen LogP contribution in [0.25, 0.3) is 0 Å². The predicted molar refractivity (Wildman–Crippen MR) is 96.1 cm³/mol. The summed E-state index contributed by atoms with van der Waals surface area (Å²) in [7, 11) is 0. The number of esters is 2. The summed E-state index contributed by atoms with van der Waals surface area (Å²) in [5.74, 6) is -1.31. The Kier molecular flexibility index (Phi) is 6.45. The fourth-order valence-electron chi connectivity index (χ4n) is 3.65. The molecule has 0 aliphatic carbocycles. The molecule has 0 aromatic carbocycles. The molecule has 0 spiro atoms. The second-order valence-corrected chi connectivity index (χ2v) is 6.85. The summed E-state index contributed by atoms with van der Waals surface area (Å²) in [6, 6.07) is 0.298. The van der Waals surface area contributed by atoms with E-state index in [0.717, 1.165) is 19.3 Å². The highest BCUT2D eigenvalue weighted by atomic mass is 16.5. The molecular weight excluding hydrogens is 336 g/mol. The van der Waals surface area contributed by atoms with Crippen LogP contribution in [0.1, 0.15) is 72.1 Å². The quantitative estimate of drug-likeness (QED) is 0.812. The molecule has 2 rings (SSSR count). The molecule has 1 aliphatic rings. The van der Waals surface area contributed by atoms with Gasteiger partial charge in [0.25, 0.3) is 5.91 Å². The van der Waals surface area contributed by atoms with Crippen molar-refractivity contribution in [3.63, 3.8) is 0 Å². The first kappa shape index (κ1) is 20.0. The Morgan fingerprint density at radius 1 is 1.08 bits per heavy atom. The minimum Gasteiger partial charge on any atom is -0.461 e. The van der Waals surface area contributed by atoms with Crippen LogP contribution < -0.4 is 0 Å². The van der Waals surface area contributed by atoms with Crippen molar-refractivity contribution in [3.8, 4) is 0 Å². The molecule has 1 aromatic rings. The van der Waals surface area contributed by atoms with Crippen LogP contribution in [0.15, 0.2) is 0 Å². The Labute approximate surface area is 154 Å². The van der Waals surface area contributed by atoms with Gasteiger partial charge in [0.05, 0.1) is 12.2 Å². The summed E-state index contributed by atoms with van der Waals surface area (Å²) >= 11 is 0. The number of aryl methyl sites for hydroxylation is 1. The van der Waals surface area contributed by atoms with Crippen LogP contribution >= 0.6 is 0 Å². The van der Waals surface area contributed by atoms with Gasteiger partial charge < -0.3 is 19.4 Å². The van der Waals surface area contributed by atoms with Gasteiger partial charge in [-0.1, -0.05) is 0 Å². The number of carbonyl (C=O) groups is 3. The van der Waals surface area contributed by atoms with Gasteiger partial charge in [0.1, 0.15) is 5.69 Å². The number of ether oxygens (including phenoxy) is 2. The summed E-state index contributed by atoms with van der Waals surface area (Å²) in [6.45, 7) is 9.03. The second kappa shape index (κ2) is 8.38. The highest BCUT2D eigenvalue weighted by Gasteiger charge is 2.30. The molecule has 0 unspecified atom stereocenters. The van der Waals surface area contributed by atoms with E-state index >= 15 is 0 Å². The van der Waals surface area contributed by atoms with E-state index in [2.05, 4.69) is 4.98 Å². The van der Waals surface area contributed by atoms with Crippen LogP contribution in [0.4, 0.5) is 0 Å². The first-order valence-electron chi connectivity index (χ1n) is 9.12. The molecule has 0 bridgehead atoms. The lowest BCUT2D eigenvalue weighted by Gasteiger charge is -2.38. The molecule has 2 atom stereocenters. The predicted octanol–water partition coefficient (Wildman–Crippen LogP) is 2.75. The number of aromatic amines is 1. The molecule has 1 amide bonds. The summed E-state index contributed by atoms with van der Waals surface area (Å²) in [5.41, 5.74) is 1.50. The van der Waals surface area contributed by atoms with Gasteiger partial charge >= 0.3 is 11.9 Å². The second-order valence-electron chi connectivity index (χ2n) is 6.85. The normalized spacial score (nSPS) is 20.0. The van der Waals surface area contributed by atoms with Crippen LogP contribution in [0.3, 0.4) is 0 Å². The lowest BCUT2D eigenvalue weighted by molar-refractivity contribution is -0.140. The maximum atomic E-state index is 12.5. The number of piperidine rings is 1. The lowest BCUT2D eigenvalue weighted by atomic mass is 9.97. The highest BCUT2D eigenvalue weighted by molar-refractivity contribution is 5.99. The zero-order valence-corrected chi connectivity index (χ0v) is 16.2. The Hall–Kier alpha value is -2.31. The molecule has 0 saturated carbocycles. The van der Waals surface area contributed by atoms with Gasteiger partial charge in [0.15, 0.2) is 6.61 Å². The SMILES string of the molecule is CCOC(=O)c1[nH]c(C)c(C(=O)OCC(=O)N2[C@H](C)CCC[C@H]2C)c1C. The summed E-state index contributed by atoms with van der Waals surface area (Å²) < 4.78 is 10.2. The number of hydrogen-bond acceptors (Lipinski definition) is 5. The smallest absolute Gasteiger partial charge is 0.355 e. The maximum absolute atomic E-state index is 12.5. The maximum Gasteiger partial charge on any atom is 0.355 e. The van der Waals surface area contributed by atoms with Crippen molar-refractivity contribution in [3.05, 3.63) is 22.5 Å². The van der Waals surface area contributed by atoms with Crippen molar-refractivity contribution < 1.29 is 23.9 Å². The minimum atomic E-state index is -0.613. The van der Waals surface area contributed by atoms with E-state index in [1.54, 1.807) is 25.7 Å². The van der Waals surface area contributed by atoms with Crippen molar-refractivity contribution in [1.29, 1.82) is 0 Å². The molecule has 26 heavy (non-hydrogen) atoms. The average molecular weight is 364 g/mol. The van der Waals surface area contributed by atoms with E-state index in [9.17, 15) is 14.4 Å². The van der Waals surface area contributed by atoms with E-state index in [1.807, 2.05) is 13.8 Å². The van der Waals surface area contributed by atoms with Gasteiger partial charge in [-0.05, 0) is 59.4 Å². The minimum absolute atomic E-state index is 0.149. The number of amides is 1. The number of rotatable bonds is 5. The third-order valence-electron chi connectivity index (χ3n) is 4.93. The van der Waals surface area contributed by atoms with Crippen molar-refractivity contribution >= 4 is 17.8 Å². The molecule has 144 valence electrons. The number of nitrogens with zero attached hydrogens (tertiary/aromatic N) is 1. The molecule has 1 aromatic heterocycles. The number of H-pyrrole nitrogens is 1. The number of nitrogens with one attached hydrogen (secondary N) is 1. The highest BCUT2D eigenvalue weighted by Crippen LogP contribution is 2.23. The monoisotopic (exact) mass is 364 g/mol. The van der Waals surface area contributed by atoms with Crippen LogP contribution in [0.5, 0.6) is 0 Å². The van der Waals surface area contributed by atoms with Crippen molar-refractivity contribution in [1.82, 2.24) is 9.88 Å². The largest absolute Gasteiger partial charge is 0.461 e. The van der Waals surface area contributed by atoms with Crippen LogP contribution in [-0.2, 0) is 14.3 Å². The standard InChI is InChI=1S/C19H28N2O5/c1-6-25-19(24)17-13(4)16(14(5)20-17)18(23)26-10-15(22)21-11(2)8-7-9-12(21)3/h11-12,20H,6-10H2,1-5H3/t11-,12-/m1/s1. The molecule has 1 fully saturated rings. The van der Waals surface area contributed by atoms with Crippen LogP contribution in [0, 0.1) is 13.8 Å². The Morgan fingerprint density at radius 3 is 2.27 bits per heavy atom. The molecule has 0 radical (unpaired) electrons. The zero-order chi connectivity index (χ0) is 19.4. The Bertz CT molecular complexity index is 684. The van der Waals surface area contributed by atoms with E-state index in [-0.39, 0.29) is 42.5 Å². The van der Waals surface area contributed by atoms with Gasteiger partial charge in [-0.3, -0.25) is 4.79 Å². The Balaban J connectivity index is 2.06. The molecule has 1 aliphatic heterocycles.